The van der Waals surface area contributed by atoms with Crippen LogP contribution in [0.3, 0.4) is 0 Å². The summed E-state index contributed by atoms with van der Waals surface area (Å²) in [6.45, 7) is 0. The number of hydrogen-bond acceptors (Lipinski definition) is 6. The highest BCUT2D eigenvalue weighted by molar-refractivity contribution is 6.37. The van der Waals surface area contributed by atoms with Gasteiger partial charge in [-0.1, -0.05) is 12.1 Å². The van der Waals surface area contributed by atoms with Gasteiger partial charge in [-0.25, -0.2) is 9.78 Å². The van der Waals surface area contributed by atoms with Crippen LogP contribution in [-0.4, -0.2) is 37.8 Å². The number of carbonyl (C=O) groups is 3. The monoisotopic (exact) mass is 516 g/mol. The van der Waals surface area contributed by atoms with Gasteiger partial charge in [0.2, 0.25) is 0 Å². The van der Waals surface area contributed by atoms with Crippen molar-refractivity contribution in [1.29, 1.82) is 0 Å². The smallest absolute Gasteiger partial charge is 0.335 e. The van der Waals surface area contributed by atoms with Crippen LogP contribution in [0.15, 0.2) is 91.3 Å². The first kappa shape index (κ1) is 23.6. The topological polar surface area (TPSA) is 149 Å². The average Bonchev–Trinajstić information content (AvgIpc) is 3.53. The lowest BCUT2D eigenvalue weighted by molar-refractivity contribution is -0.110. The van der Waals surface area contributed by atoms with E-state index in [1.54, 1.807) is 48.8 Å². The predicted molar refractivity (Wildman–Crippen MR) is 147 cm³/mol. The summed E-state index contributed by atoms with van der Waals surface area (Å²) >= 11 is 0. The van der Waals surface area contributed by atoms with Crippen LogP contribution < -0.4 is 16.0 Å². The van der Waals surface area contributed by atoms with Crippen molar-refractivity contribution in [2.24, 2.45) is 0 Å². The molecule has 0 unspecified atom stereocenters. The Labute approximate surface area is 221 Å². The predicted octanol–water partition coefficient (Wildman–Crippen LogP) is 4.84. The Bertz CT molecular complexity index is 1760. The normalized spacial score (nSPS) is 13.5. The number of aromatic amines is 1. The number of aromatic nitrogens is 3. The van der Waals surface area contributed by atoms with E-state index in [0.717, 1.165) is 5.52 Å². The third-order valence-corrected chi connectivity index (χ3v) is 6.23. The first-order chi connectivity index (χ1) is 19.0. The number of fused-ring (bicyclic) bond motifs is 2. The molecule has 10 heteroatoms. The highest BCUT2D eigenvalue weighted by atomic mass is 16.4. The van der Waals surface area contributed by atoms with E-state index in [-0.39, 0.29) is 17.3 Å². The third-order valence-electron chi connectivity index (χ3n) is 6.23. The van der Waals surface area contributed by atoms with Gasteiger partial charge in [0, 0.05) is 34.9 Å². The summed E-state index contributed by atoms with van der Waals surface area (Å²) in [5.74, 6) is -1.59. The van der Waals surface area contributed by atoms with E-state index in [1.165, 1.54) is 12.1 Å². The number of nitrogens with one attached hydrogen (secondary N) is 4. The van der Waals surface area contributed by atoms with E-state index in [9.17, 15) is 19.5 Å². The number of carboxylic acids is 1. The molecule has 0 atom stereocenters. The van der Waals surface area contributed by atoms with Crippen molar-refractivity contribution < 1.29 is 19.5 Å². The molecule has 39 heavy (non-hydrogen) atoms. The molecule has 2 aromatic heterocycles. The molecule has 3 aromatic carbocycles. The molecule has 0 radical (unpaired) electrons. The molecule has 5 N–H and O–H groups in total. The molecule has 2 amide bonds. The molecule has 6 rings (SSSR count). The van der Waals surface area contributed by atoms with Crippen LogP contribution in [0, 0.1) is 0 Å². The summed E-state index contributed by atoms with van der Waals surface area (Å²) in [5, 5.41) is 18.2. The van der Waals surface area contributed by atoms with E-state index >= 15 is 0 Å². The first-order valence-electron chi connectivity index (χ1n) is 11.9. The molecule has 0 fully saturated rings. The van der Waals surface area contributed by atoms with Crippen molar-refractivity contribution in [3.8, 4) is 0 Å². The average molecular weight is 517 g/mol. The van der Waals surface area contributed by atoms with Crippen molar-refractivity contribution in [3.05, 3.63) is 114 Å². The van der Waals surface area contributed by atoms with Crippen LogP contribution >= 0.6 is 0 Å². The Morgan fingerprint density at radius 2 is 1.64 bits per heavy atom. The molecule has 1 aliphatic heterocycles. The van der Waals surface area contributed by atoms with Crippen molar-refractivity contribution in [2.75, 3.05) is 16.0 Å². The van der Waals surface area contributed by atoms with Crippen LogP contribution in [-0.2, 0) is 4.79 Å². The van der Waals surface area contributed by atoms with Gasteiger partial charge in [-0.3, -0.25) is 14.6 Å². The number of benzene rings is 3. The standard InChI is InChI=1S/C29H20N6O4/c36-27-24(25(17-4-3-13-30-15-17)31-18-9-7-16(8-10-18)29(38)39)20-12-11-19(14-23(20)35-27)32-28(37)26-33-21-5-1-2-6-22(21)34-26/h1-15,31H,(H,32,37)(H,33,34)(H,35,36)(H,38,39)/b25-24-. The van der Waals surface area contributed by atoms with Gasteiger partial charge in [-0.2, -0.15) is 0 Å². The van der Waals surface area contributed by atoms with E-state index in [1.807, 2.05) is 30.3 Å². The number of amides is 2. The summed E-state index contributed by atoms with van der Waals surface area (Å²) in [6.07, 6.45) is 3.27. The number of hydrogen-bond donors (Lipinski definition) is 5. The molecule has 10 nitrogen and oxygen atoms in total. The molecular weight excluding hydrogens is 496 g/mol. The second-order valence-corrected chi connectivity index (χ2v) is 8.77. The maximum absolute atomic E-state index is 13.2. The maximum atomic E-state index is 13.2. The van der Waals surface area contributed by atoms with Gasteiger partial charge in [0.25, 0.3) is 11.8 Å². The Balaban J connectivity index is 1.34. The van der Waals surface area contributed by atoms with E-state index < -0.39 is 11.9 Å². The lowest BCUT2D eigenvalue weighted by Gasteiger charge is -2.14. The lowest BCUT2D eigenvalue weighted by atomic mass is 10.0. The SMILES string of the molecule is O=C1Nc2cc(NC(=O)c3nc4ccccc4[nH]3)ccc2/C1=C(/Nc1ccc(C(=O)O)cc1)c1cccnc1. The minimum absolute atomic E-state index is 0.150. The number of aromatic carboxylic acids is 1. The summed E-state index contributed by atoms with van der Waals surface area (Å²) in [4.78, 5) is 48.8. The lowest BCUT2D eigenvalue weighted by Crippen LogP contribution is -2.13. The maximum Gasteiger partial charge on any atom is 0.335 e. The second-order valence-electron chi connectivity index (χ2n) is 8.77. The minimum atomic E-state index is -1.03. The fourth-order valence-corrected chi connectivity index (χ4v) is 4.38. The third kappa shape index (κ3) is 4.58. The Morgan fingerprint density at radius 3 is 2.38 bits per heavy atom. The Hall–Kier alpha value is -5.77. The zero-order valence-electron chi connectivity index (χ0n) is 20.2. The number of H-pyrrole nitrogens is 1. The molecule has 0 bridgehead atoms. The highest BCUT2D eigenvalue weighted by Gasteiger charge is 2.29. The van der Waals surface area contributed by atoms with Gasteiger partial charge >= 0.3 is 5.97 Å². The van der Waals surface area contributed by atoms with Crippen LogP contribution in [0.1, 0.15) is 32.1 Å². The van der Waals surface area contributed by atoms with Gasteiger partial charge in [0.05, 0.1) is 33.6 Å². The van der Waals surface area contributed by atoms with Crippen LogP contribution in [0.2, 0.25) is 0 Å². The Morgan fingerprint density at radius 1 is 0.846 bits per heavy atom. The van der Waals surface area contributed by atoms with Crippen LogP contribution in [0.5, 0.6) is 0 Å². The van der Waals surface area contributed by atoms with Gasteiger partial charge < -0.3 is 26.0 Å². The quantitative estimate of drug-likeness (QED) is 0.203. The summed E-state index contributed by atoms with van der Waals surface area (Å²) in [6, 6.07) is 22.3. The van der Waals surface area contributed by atoms with Crippen molar-refractivity contribution in [2.45, 2.75) is 0 Å². The fourth-order valence-electron chi connectivity index (χ4n) is 4.38. The molecule has 5 aromatic rings. The largest absolute Gasteiger partial charge is 0.478 e. The first-order valence-corrected chi connectivity index (χ1v) is 11.9. The van der Waals surface area contributed by atoms with Crippen LogP contribution in [0.25, 0.3) is 22.3 Å². The summed E-state index contributed by atoms with van der Waals surface area (Å²) in [5.41, 5.74) is 5.40. The molecule has 0 saturated carbocycles. The van der Waals surface area contributed by atoms with E-state index in [2.05, 4.69) is 30.9 Å². The van der Waals surface area contributed by atoms with Gasteiger partial charge in [-0.05, 0) is 66.7 Å². The number of nitrogens with zero attached hydrogens (tertiary/aromatic N) is 2. The van der Waals surface area contributed by atoms with E-state index in [4.69, 9.17) is 0 Å². The number of rotatable bonds is 6. The summed E-state index contributed by atoms with van der Waals surface area (Å²) in [7, 11) is 0. The Kier molecular flexibility index (Phi) is 5.81. The zero-order chi connectivity index (χ0) is 26.9. The number of anilines is 3. The van der Waals surface area contributed by atoms with Gasteiger partial charge in [0.15, 0.2) is 5.82 Å². The van der Waals surface area contributed by atoms with E-state index in [0.29, 0.717) is 45.0 Å². The van der Waals surface area contributed by atoms with Crippen LogP contribution in [0.4, 0.5) is 17.1 Å². The number of carbonyl (C=O) groups excluding carboxylic acids is 2. The zero-order valence-corrected chi connectivity index (χ0v) is 20.2. The molecule has 0 saturated heterocycles. The number of para-hydroxylation sites is 2. The van der Waals surface area contributed by atoms with Gasteiger partial charge in [0.1, 0.15) is 0 Å². The molecular formula is C29H20N6O4. The number of imidazole rings is 1. The molecule has 0 aliphatic carbocycles. The van der Waals surface area contributed by atoms with Crippen molar-refractivity contribution in [1.82, 2.24) is 15.0 Å². The molecule has 0 spiro atoms. The fraction of sp³-hybridized carbons (Fsp3) is 0. The highest BCUT2D eigenvalue weighted by Crippen LogP contribution is 2.38. The summed E-state index contributed by atoms with van der Waals surface area (Å²) < 4.78 is 0. The number of pyridine rings is 1. The molecule has 3 heterocycles. The number of carboxylic acid groups (broad SMARTS) is 1. The van der Waals surface area contributed by atoms with Crippen molar-refractivity contribution in [3.63, 3.8) is 0 Å². The second kappa shape index (κ2) is 9.60. The molecule has 190 valence electrons. The van der Waals surface area contributed by atoms with Crippen molar-refractivity contribution >= 4 is 57.1 Å². The minimum Gasteiger partial charge on any atom is -0.478 e. The molecule has 1 aliphatic rings. The van der Waals surface area contributed by atoms with Gasteiger partial charge in [-0.15, -0.1) is 0 Å².